The molecule has 0 aliphatic rings. The van der Waals surface area contributed by atoms with Crippen molar-refractivity contribution in [2.75, 3.05) is 6.54 Å². The van der Waals surface area contributed by atoms with Gasteiger partial charge in [-0.15, -0.1) is 0 Å². The van der Waals surface area contributed by atoms with Crippen molar-refractivity contribution in [3.8, 4) is 0 Å². The first-order valence-corrected chi connectivity index (χ1v) is 7.95. The van der Waals surface area contributed by atoms with Gasteiger partial charge in [0.2, 0.25) is 10.0 Å². The highest BCUT2D eigenvalue weighted by atomic mass is 32.2. The van der Waals surface area contributed by atoms with Crippen LogP contribution >= 0.6 is 11.8 Å². The number of aliphatic carboxylic acids is 1. The van der Waals surface area contributed by atoms with E-state index in [1.807, 2.05) is 4.72 Å². The van der Waals surface area contributed by atoms with Gasteiger partial charge in [-0.2, -0.15) is 13.2 Å². The first-order chi connectivity index (χ1) is 9.83. The Balaban J connectivity index is 2.84. The standard InChI is InChI=1S/C11H12F3NO5S2/c1-10(18,9(16)17)6-15-22(19,20)8-4-2-7(3-5-8)21-11(12,13)14/h2-5,15,18H,6H2,1H3,(H,16,17). The monoisotopic (exact) mass is 359 g/mol. The Labute approximate surface area is 128 Å². The molecule has 11 heteroatoms. The van der Waals surface area contributed by atoms with Crippen molar-refractivity contribution in [1.29, 1.82) is 0 Å². The minimum atomic E-state index is -4.49. The maximum Gasteiger partial charge on any atom is 0.446 e. The van der Waals surface area contributed by atoms with Crippen molar-refractivity contribution < 1.29 is 36.6 Å². The lowest BCUT2D eigenvalue weighted by Crippen LogP contribution is -2.46. The van der Waals surface area contributed by atoms with Gasteiger partial charge in [-0.1, -0.05) is 0 Å². The summed E-state index contributed by atoms with van der Waals surface area (Å²) >= 11 is -0.391. The van der Waals surface area contributed by atoms with Gasteiger partial charge >= 0.3 is 11.5 Å². The zero-order chi connectivity index (χ0) is 17.2. The molecule has 1 aromatic carbocycles. The van der Waals surface area contributed by atoms with Gasteiger partial charge in [0.25, 0.3) is 0 Å². The third-order valence-corrected chi connectivity index (χ3v) is 4.59. The number of sulfonamides is 1. The van der Waals surface area contributed by atoms with E-state index < -0.39 is 45.4 Å². The third kappa shape index (κ3) is 5.48. The molecule has 0 heterocycles. The minimum Gasteiger partial charge on any atom is -0.479 e. The number of nitrogens with one attached hydrogen (secondary N) is 1. The van der Waals surface area contributed by atoms with Crippen LogP contribution in [0, 0.1) is 0 Å². The van der Waals surface area contributed by atoms with Gasteiger partial charge in [0.05, 0.1) is 11.4 Å². The van der Waals surface area contributed by atoms with Gasteiger partial charge in [0.15, 0.2) is 5.60 Å². The van der Waals surface area contributed by atoms with Gasteiger partial charge in [0, 0.05) is 4.90 Å². The average Bonchev–Trinajstić information content (AvgIpc) is 2.35. The lowest BCUT2D eigenvalue weighted by Gasteiger charge is -2.18. The normalized spacial score (nSPS) is 15.3. The number of aliphatic hydroxyl groups is 1. The predicted molar refractivity (Wildman–Crippen MR) is 71.8 cm³/mol. The summed E-state index contributed by atoms with van der Waals surface area (Å²) in [5.41, 5.74) is -6.79. The Hall–Kier alpha value is -1.30. The quantitative estimate of drug-likeness (QED) is 0.664. The SMILES string of the molecule is CC(O)(CNS(=O)(=O)c1ccc(SC(F)(F)F)cc1)C(=O)O. The molecule has 6 nitrogen and oxygen atoms in total. The highest BCUT2D eigenvalue weighted by Crippen LogP contribution is 2.36. The van der Waals surface area contributed by atoms with E-state index in [4.69, 9.17) is 5.11 Å². The van der Waals surface area contributed by atoms with Crippen molar-refractivity contribution >= 4 is 27.8 Å². The molecule has 0 spiro atoms. The Bertz CT molecular complexity index is 641. The second kappa shape index (κ2) is 6.44. The van der Waals surface area contributed by atoms with Crippen LogP contribution in [0.1, 0.15) is 6.92 Å². The smallest absolute Gasteiger partial charge is 0.446 e. The number of carboxylic acid groups (broad SMARTS) is 1. The highest BCUT2D eigenvalue weighted by molar-refractivity contribution is 8.00. The molecular formula is C11H12F3NO5S2. The van der Waals surface area contributed by atoms with Crippen LogP contribution in [-0.2, 0) is 14.8 Å². The first-order valence-electron chi connectivity index (χ1n) is 5.65. The van der Waals surface area contributed by atoms with Crippen molar-refractivity contribution in [3.63, 3.8) is 0 Å². The first kappa shape index (κ1) is 18.7. The number of hydrogen-bond acceptors (Lipinski definition) is 5. The van der Waals surface area contributed by atoms with Crippen LogP contribution in [0.4, 0.5) is 13.2 Å². The summed E-state index contributed by atoms with van der Waals surface area (Å²) in [7, 11) is -4.15. The van der Waals surface area contributed by atoms with E-state index in [0.717, 1.165) is 31.2 Å². The fourth-order valence-electron chi connectivity index (χ4n) is 1.21. The van der Waals surface area contributed by atoms with E-state index in [9.17, 15) is 31.5 Å². The van der Waals surface area contributed by atoms with Crippen LogP contribution in [0.5, 0.6) is 0 Å². The molecule has 0 aromatic heterocycles. The third-order valence-electron chi connectivity index (χ3n) is 2.43. The van der Waals surface area contributed by atoms with Crippen molar-refractivity contribution in [3.05, 3.63) is 24.3 Å². The molecule has 0 radical (unpaired) electrons. The Morgan fingerprint density at radius 1 is 1.27 bits per heavy atom. The summed E-state index contributed by atoms with van der Waals surface area (Å²) in [6, 6.07) is 3.85. The van der Waals surface area contributed by atoms with E-state index >= 15 is 0 Å². The number of halogens is 3. The zero-order valence-corrected chi connectivity index (χ0v) is 12.7. The molecule has 1 atom stereocenters. The Kier molecular flexibility index (Phi) is 5.49. The molecule has 3 N–H and O–H groups in total. The molecule has 0 fully saturated rings. The topological polar surface area (TPSA) is 104 Å². The Morgan fingerprint density at radius 2 is 1.77 bits per heavy atom. The number of benzene rings is 1. The molecule has 0 aliphatic heterocycles. The lowest BCUT2D eigenvalue weighted by atomic mass is 10.1. The average molecular weight is 359 g/mol. The molecule has 0 bridgehead atoms. The summed E-state index contributed by atoms with van der Waals surface area (Å²) in [5, 5.41) is 18.1. The number of thioether (sulfide) groups is 1. The van der Waals surface area contributed by atoms with Gasteiger partial charge in [-0.25, -0.2) is 17.9 Å². The number of rotatable bonds is 6. The summed E-state index contributed by atoms with van der Waals surface area (Å²) in [5.74, 6) is -1.62. The largest absolute Gasteiger partial charge is 0.479 e. The molecule has 0 aliphatic carbocycles. The molecule has 22 heavy (non-hydrogen) atoms. The van der Waals surface area contributed by atoms with Gasteiger partial charge in [-0.3, -0.25) is 0 Å². The predicted octanol–water partition coefficient (Wildman–Crippen LogP) is 1.41. The second-order valence-electron chi connectivity index (χ2n) is 4.42. The number of carbonyl (C=O) groups is 1. The number of carboxylic acids is 1. The fraction of sp³-hybridized carbons (Fsp3) is 0.364. The van der Waals surface area contributed by atoms with Crippen molar-refractivity contribution in [1.82, 2.24) is 4.72 Å². The van der Waals surface area contributed by atoms with E-state index in [2.05, 4.69) is 0 Å². The molecule has 1 aromatic rings. The molecule has 1 unspecified atom stereocenters. The summed E-state index contributed by atoms with van der Waals surface area (Å²) in [4.78, 5) is 10.1. The molecule has 0 saturated carbocycles. The maximum absolute atomic E-state index is 12.2. The van der Waals surface area contributed by atoms with Crippen molar-refractivity contribution in [2.45, 2.75) is 27.8 Å². The van der Waals surface area contributed by atoms with Crippen LogP contribution in [0.25, 0.3) is 0 Å². The molecule has 0 amide bonds. The van der Waals surface area contributed by atoms with Crippen molar-refractivity contribution in [2.24, 2.45) is 0 Å². The lowest BCUT2D eigenvalue weighted by molar-refractivity contribution is -0.155. The highest BCUT2D eigenvalue weighted by Gasteiger charge is 2.32. The molecule has 1 rings (SSSR count). The number of hydrogen-bond donors (Lipinski definition) is 3. The van der Waals surface area contributed by atoms with Crippen LogP contribution in [0.2, 0.25) is 0 Å². The molecule has 0 saturated heterocycles. The van der Waals surface area contributed by atoms with Crippen LogP contribution in [-0.4, -0.2) is 42.3 Å². The van der Waals surface area contributed by atoms with E-state index in [-0.39, 0.29) is 9.79 Å². The fourth-order valence-corrected chi connectivity index (χ4v) is 2.89. The van der Waals surface area contributed by atoms with E-state index in [0.29, 0.717) is 0 Å². The van der Waals surface area contributed by atoms with E-state index in [1.165, 1.54) is 0 Å². The summed E-state index contributed by atoms with van der Waals surface area (Å²) < 4.78 is 62.0. The van der Waals surface area contributed by atoms with Crippen LogP contribution in [0.3, 0.4) is 0 Å². The van der Waals surface area contributed by atoms with Gasteiger partial charge < -0.3 is 10.2 Å². The molecule has 124 valence electrons. The minimum absolute atomic E-state index is 0.191. The maximum atomic E-state index is 12.2. The van der Waals surface area contributed by atoms with Gasteiger partial charge in [-0.05, 0) is 43.0 Å². The van der Waals surface area contributed by atoms with Crippen LogP contribution in [0.15, 0.2) is 34.1 Å². The van der Waals surface area contributed by atoms with E-state index in [1.54, 1.807) is 0 Å². The summed E-state index contributed by atoms with van der Waals surface area (Å²) in [6.07, 6.45) is 0. The molecular weight excluding hydrogens is 347 g/mol. The van der Waals surface area contributed by atoms with Crippen LogP contribution < -0.4 is 4.72 Å². The second-order valence-corrected chi connectivity index (χ2v) is 7.33. The van der Waals surface area contributed by atoms with Gasteiger partial charge in [0.1, 0.15) is 0 Å². The summed E-state index contributed by atoms with van der Waals surface area (Å²) in [6.45, 7) is 0.116. The zero-order valence-electron chi connectivity index (χ0n) is 11.1. The number of alkyl halides is 3. The Morgan fingerprint density at radius 3 is 2.18 bits per heavy atom.